The topological polar surface area (TPSA) is 55.3 Å². The highest BCUT2D eigenvalue weighted by Gasteiger charge is 2.17. The van der Waals surface area contributed by atoms with Crippen LogP contribution in [0.15, 0.2) is 34.9 Å². The first-order valence-electron chi connectivity index (χ1n) is 6.50. The van der Waals surface area contributed by atoms with E-state index in [2.05, 4.69) is 25.9 Å². The number of nitrogens with zero attached hydrogens (tertiary/aromatic N) is 3. The predicted octanol–water partition coefficient (Wildman–Crippen LogP) is 3.15. The van der Waals surface area contributed by atoms with Crippen molar-refractivity contribution in [1.29, 1.82) is 0 Å². The minimum Gasteiger partial charge on any atom is -0.462 e. The summed E-state index contributed by atoms with van der Waals surface area (Å²) in [5, 5.41) is 0. The Balaban J connectivity index is 2.45. The fourth-order valence-corrected chi connectivity index (χ4v) is 2.07. The quantitative estimate of drug-likeness (QED) is 0.793. The van der Waals surface area contributed by atoms with Crippen LogP contribution in [0.2, 0.25) is 0 Å². The van der Waals surface area contributed by atoms with Crippen LogP contribution in [0.4, 0.5) is 5.82 Å². The Hall–Kier alpha value is -1.95. The van der Waals surface area contributed by atoms with Crippen LogP contribution in [0.5, 0.6) is 0 Å². The van der Waals surface area contributed by atoms with E-state index in [1.54, 1.807) is 11.8 Å². The van der Waals surface area contributed by atoms with Gasteiger partial charge in [-0.05, 0) is 19.1 Å². The van der Waals surface area contributed by atoms with Crippen LogP contribution >= 0.6 is 15.9 Å². The second-order valence-corrected chi connectivity index (χ2v) is 5.47. The number of rotatable bonds is 4. The number of anilines is 1. The van der Waals surface area contributed by atoms with Gasteiger partial charge in [0.1, 0.15) is 11.4 Å². The molecule has 2 aromatic rings. The van der Waals surface area contributed by atoms with Crippen molar-refractivity contribution in [2.75, 3.05) is 25.6 Å². The number of ether oxygens (including phenoxy) is 1. The van der Waals surface area contributed by atoms with E-state index >= 15 is 0 Å². The van der Waals surface area contributed by atoms with Crippen molar-refractivity contribution in [3.63, 3.8) is 0 Å². The lowest BCUT2D eigenvalue weighted by atomic mass is 10.2. The molecule has 0 radical (unpaired) electrons. The first-order valence-corrected chi connectivity index (χ1v) is 7.29. The molecule has 0 amide bonds. The summed E-state index contributed by atoms with van der Waals surface area (Å²) in [6.45, 7) is 2.09. The minimum atomic E-state index is -0.413. The Morgan fingerprint density at radius 2 is 1.95 bits per heavy atom. The van der Waals surface area contributed by atoms with Gasteiger partial charge in [-0.1, -0.05) is 28.1 Å². The van der Waals surface area contributed by atoms with Crippen LogP contribution in [0, 0.1) is 0 Å². The summed E-state index contributed by atoms with van der Waals surface area (Å²) in [4.78, 5) is 22.4. The first-order chi connectivity index (χ1) is 10.0. The maximum absolute atomic E-state index is 11.9. The molecule has 0 aliphatic carbocycles. The fourth-order valence-electron chi connectivity index (χ4n) is 1.80. The summed E-state index contributed by atoms with van der Waals surface area (Å²) in [6, 6.07) is 7.69. The molecular formula is C15H16BrN3O2. The zero-order chi connectivity index (χ0) is 15.4. The molecule has 0 unspecified atom stereocenters. The molecule has 110 valence electrons. The third-order valence-corrected chi connectivity index (χ3v) is 3.32. The number of hydrogen-bond acceptors (Lipinski definition) is 5. The lowest BCUT2D eigenvalue weighted by molar-refractivity contribution is 0.0526. The van der Waals surface area contributed by atoms with Gasteiger partial charge < -0.3 is 9.64 Å². The van der Waals surface area contributed by atoms with Gasteiger partial charge in [0.15, 0.2) is 5.82 Å². The predicted molar refractivity (Wildman–Crippen MR) is 85.5 cm³/mol. The Labute approximate surface area is 132 Å². The van der Waals surface area contributed by atoms with E-state index in [9.17, 15) is 4.79 Å². The van der Waals surface area contributed by atoms with Gasteiger partial charge in [-0.2, -0.15) is 0 Å². The second-order valence-electron chi connectivity index (χ2n) is 4.55. The normalized spacial score (nSPS) is 10.3. The standard InChI is InChI=1S/C15H16BrN3O2/c1-4-21-15(20)12-9-17-13(18-14(12)19(2)3)10-5-7-11(16)8-6-10/h5-9H,4H2,1-3H3. The Bertz CT molecular complexity index is 642. The van der Waals surface area contributed by atoms with Crippen molar-refractivity contribution in [2.24, 2.45) is 0 Å². The van der Waals surface area contributed by atoms with E-state index in [1.165, 1.54) is 6.20 Å². The van der Waals surface area contributed by atoms with Crippen molar-refractivity contribution in [1.82, 2.24) is 9.97 Å². The molecule has 1 heterocycles. The molecule has 2 rings (SSSR count). The van der Waals surface area contributed by atoms with Crippen molar-refractivity contribution >= 4 is 27.7 Å². The molecule has 0 saturated carbocycles. The zero-order valence-corrected chi connectivity index (χ0v) is 13.7. The molecule has 0 aliphatic heterocycles. The highest BCUT2D eigenvalue weighted by Crippen LogP contribution is 2.23. The molecule has 0 aliphatic rings. The van der Waals surface area contributed by atoms with Crippen LogP contribution < -0.4 is 4.90 Å². The van der Waals surface area contributed by atoms with Gasteiger partial charge in [-0.25, -0.2) is 14.8 Å². The van der Waals surface area contributed by atoms with E-state index in [0.29, 0.717) is 23.8 Å². The number of benzene rings is 1. The van der Waals surface area contributed by atoms with Gasteiger partial charge in [-0.15, -0.1) is 0 Å². The summed E-state index contributed by atoms with van der Waals surface area (Å²) < 4.78 is 6.02. The summed E-state index contributed by atoms with van der Waals surface area (Å²) in [5.74, 6) is 0.698. The van der Waals surface area contributed by atoms with Gasteiger partial charge >= 0.3 is 5.97 Å². The third-order valence-electron chi connectivity index (χ3n) is 2.79. The Kier molecular flexibility index (Phi) is 4.90. The lowest BCUT2D eigenvalue weighted by Gasteiger charge is -2.16. The molecule has 21 heavy (non-hydrogen) atoms. The van der Waals surface area contributed by atoms with E-state index in [-0.39, 0.29) is 0 Å². The molecule has 0 fully saturated rings. The first kappa shape index (κ1) is 15.4. The zero-order valence-electron chi connectivity index (χ0n) is 12.1. The van der Waals surface area contributed by atoms with E-state index in [0.717, 1.165) is 10.0 Å². The summed E-state index contributed by atoms with van der Waals surface area (Å²) >= 11 is 3.39. The number of esters is 1. The van der Waals surface area contributed by atoms with E-state index < -0.39 is 5.97 Å². The summed E-state index contributed by atoms with van der Waals surface area (Å²) in [7, 11) is 3.66. The highest BCUT2D eigenvalue weighted by atomic mass is 79.9. The maximum Gasteiger partial charge on any atom is 0.343 e. The van der Waals surface area contributed by atoms with Crippen molar-refractivity contribution in [3.8, 4) is 11.4 Å². The molecule has 0 saturated heterocycles. The van der Waals surface area contributed by atoms with Gasteiger partial charge in [0.2, 0.25) is 0 Å². The van der Waals surface area contributed by atoms with Crippen LogP contribution in [-0.2, 0) is 4.74 Å². The summed E-state index contributed by atoms with van der Waals surface area (Å²) in [5.41, 5.74) is 1.25. The molecule has 0 N–H and O–H groups in total. The Morgan fingerprint density at radius 1 is 1.29 bits per heavy atom. The van der Waals surface area contributed by atoms with Gasteiger partial charge in [-0.3, -0.25) is 0 Å². The molecule has 0 atom stereocenters. The maximum atomic E-state index is 11.9. The molecule has 1 aromatic heterocycles. The number of aromatic nitrogens is 2. The smallest absolute Gasteiger partial charge is 0.343 e. The molecule has 0 bridgehead atoms. The molecule has 0 spiro atoms. The van der Waals surface area contributed by atoms with E-state index in [4.69, 9.17) is 4.74 Å². The molecular weight excluding hydrogens is 334 g/mol. The number of hydrogen-bond donors (Lipinski definition) is 0. The van der Waals surface area contributed by atoms with Crippen LogP contribution in [0.3, 0.4) is 0 Å². The van der Waals surface area contributed by atoms with Crippen molar-refractivity contribution in [3.05, 3.63) is 40.5 Å². The highest BCUT2D eigenvalue weighted by molar-refractivity contribution is 9.10. The molecule has 1 aromatic carbocycles. The van der Waals surface area contributed by atoms with Crippen molar-refractivity contribution in [2.45, 2.75) is 6.92 Å². The second kappa shape index (κ2) is 6.67. The summed E-state index contributed by atoms with van der Waals surface area (Å²) in [6.07, 6.45) is 1.51. The van der Waals surface area contributed by atoms with Gasteiger partial charge in [0.25, 0.3) is 0 Å². The number of carbonyl (C=O) groups is 1. The monoisotopic (exact) mass is 349 g/mol. The fraction of sp³-hybridized carbons (Fsp3) is 0.267. The van der Waals surface area contributed by atoms with E-state index in [1.807, 2.05) is 38.4 Å². The van der Waals surface area contributed by atoms with Crippen LogP contribution in [0.1, 0.15) is 17.3 Å². The lowest BCUT2D eigenvalue weighted by Crippen LogP contribution is -2.18. The van der Waals surface area contributed by atoms with Gasteiger partial charge in [0, 0.05) is 30.3 Å². The van der Waals surface area contributed by atoms with Crippen molar-refractivity contribution < 1.29 is 9.53 Å². The largest absolute Gasteiger partial charge is 0.462 e. The number of carbonyl (C=O) groups excluding carboxylic acids is 1. The average molecular weight is 350 g/mol. The minimum absolute atomic E-state index is 0.320. The van der Waals surface area contributed by atoms with Crippen LogP contribution in [-0.4, -0.2) is 36.6 Å². The molecule has 6 heteroatoms. The van der Waals surface area contributed by atoms with Gasteiger partial charge in [0.05, 0.1) is 6.61 Å². The SMILES string of the molecule is CCOC(=O)c1cnc(-c2ccc(Br)cc2)nc1N(C)C. The average Bonchev–Trinajstić information content (AvgIpc) is 2.47. The van der Waals surface area contributed by atoms with Crippen LogP contribution in [0.25, 0.3) is 11.4 Å². The Morgan fingerprint density at radius 3 is 2.52 bits per heavy atom. The third kappa shape index (κ3) is 3.58. The molecule has 5 nitrogen and oxygen atoms in total. The number of halogens is 1.